The number of esters is 1. The van der Waals surface area contributed by atoms with E-state index in [1.54, 1.807) is 0 Å². The Kier molecular flexibility index (Phi) is 3.48. The van der Waals surface area contributed by atoms with Crippen LogP contribution in [0.4, 0.5) is 0 Å². The molecule has 0 saturated carbocycles. The summed E-state index contributed by atoms with van der Waals surface area (Å²) < 4.78 is 4.75. The number of methoxy groups -OCH3 is 1. The number of carbonyl (C=O) groups excluding carboxylic acids is 1. The highest BCUT2D eigenvalue weighted by Crippen LogP contribution is 2.27. The third-order valence-corrected chi connectivity index (χ3v) is 3.68. The maximum atomic E-state index is 11.5. The SMILES string of the molecule is COC(=O)Cc1c[nH]c2ccc(-c3cccc(C)c3)cc12. The number of hydrogen-bond acceptors (Lipinski definition) is 2. The molecule has 0 atom stereocenters. The van der Waals surface area contributed by atoms with E-state index in [1.807, 2.05) is 12.3 Å². The highest BCUT2D eigenvalue weighted by molar-refractivity contribution is 5.90. The van der Waals surface area contributed by atoms with Crippen molar-refractivity contribution in [2.24, 2.45) is 0 Å². The molecule has 0 aliphatic rings. The number of aromatic amines is 1. The summed E-state index contributed by atoms with van der Waals surface area (Å²) in [4.78, 5) is 14.7. The van der Waals surface area contributed by atoms with Crippen LogP contribution in [0.25, 0.3) is 22.0 Å². The quantitative estimate of drug-likeness (QED) is 0.740. The number of hydrogen-bond donors (Lipinski definition) is 1. The van der Waals surface area contributed by atoms with Gasteiger partial charge in [-0.05, 0) is 35.7 Å². The highest BCUT2D eigenvalue weighted by atomic mass is 16.5. The fraction of sp³-hybridized carbons (Fsp3) is 0.167. The molecule has 106 valence electrons. The van der Waals surface area contributed by atoms with E-state index in [9.17, 15) is 4.79 Å². The molecule has 3 rings (SSSR count). The number of ether oxygens (including phenoxy) is 1. The number of nitrogens with one attached hydrogen (secondary N) is 1. The van der Waals surface area contributed by atoms with Crippen molar-refractivity contribution in [1.82, 2.24) is 4.98 Å². The van der Waals surface area contributed by atoms with Gasteiger partial charge in [0.1, 0.15) is 0 Å². The number of rotatable bonds is 3. The van der Waals surface area contributed by atoms with E-state index in [0.29, 0.717) is 0 Å². The zero-order valence-electron chi connectivity index (χ0n) is 12.1. The molecule has 1 heterocycles. The lowest BCUT2D eigenvalue weighted by atomic mass is 10.0. The van der Waals surface area contributed by atoms with Gasteiger partial charge in [-0.15, -0.1) is 0 Å². The van der Waals surface area contributed by atoms with E-state index >= 15 is 0 Å². The average molecular weight is 279 g/mol. The van der Waals surface area contributed by atoms with E-state index in [0.717, 1.165) is 22.0 Å². The van der Waals surface area contributed by atoms with E-state index in [1.165, 1.54) is 18.2 Å². The Labute approximate surface area is 123 Å². The fourth-order valence-corrected chi connectivity index (χ4v) is 2.56. The number of fused-ring (bicyclic) bond motifs is 1. The first-order valence-corrected chi connectivity index (χ1v) is 6.91. The number of H-pyrrole nitrogens is 1. The minimum atomic E-state index is -0.225. The summed E-state index contributed by atoms with van der Waals surface area (Å²) in [5.74, 6) is -0.225. The number of aromatic nitrogens is 1. The van der Waals surface area contributed by atoms with Gasteiger partial charge in [0.2, 0.25) is 0 Å². The van der Waals surface area contributed by atoms with Gasteiger partial charge < -0.3 is 9.72 Å². The topological polar surface area (TPSA) is 42.1 Å². The Bertz CT molecular complexity index is 802. The number of carbonyl (C=O) groups is 1. The molecular formula is C18H17NO2. The van der Waals surface area contributed by atoms with Crippen LogP contribution in [0.3, 0.4) is 0 Å². The maximum Gasteiger partial charge on any atom is 0.310 e. The van der Waals surface area contributed by atoms with Crippen molar-refractivity contribution >= 4 is 16.9 Å². The second-order valence-electron chi connectivity index (χ2n) is 5.20. The number of aryl methyl sites for hydroxylation is 1. The monoisotopic (exact) mass is 279 g/mol. The summed E-state index contributed by atoms with van der Waals surface area (Å²) in [6.07, 6.45) is 2.16. The van der Waals surface area contributed by atoms with Crippen LogP contribution in [0.15, 0.2) is 48.7 Å². The molecule has 0 fully saturated rings. The zero-order valence-corrected chi connectivity index (χ0v) is 12.1. The minimum Gasteiger partial charge on any atom is -0.469 e. The molecule has 1 aromatic heterocycles. The Morgan fingerprint density at radius 1 is 1.14 bits per heavy atom. The van der Waals surface area contributed by atoms with Crippen LogP contribution in [0.1, 0.15) is 11.1 Å². The van der Waals surface area contributed by atoms with Crippen molar-refractivity contribution < 1.29 is 9.53 Å². The molecule has 0 unspecified atom stereocenters. The standard InChI is InChI=1S/C18H17NO2/c1-12-4-3-5-13(8-12)14-6-7-17-16(9-14)15(11-19-17)10-18(20)21-2/h3-9,11,19H,10H2,1-2H3. The Morgan fingerprint density at radius 3 is 2.71 bits per heavy atom. The van der Waals surface area contributed by atoms with Crippen LogP contribution in [0, 0.1) is 6.92 Å². The average Bonchev–Trinajstić information content (AvgIpc) is 2.89. The summed E-state index contributed by atoms with van der Waals surface area (Å²) in [5, 5.41) is 1.07. The van der Waals surface area contributed by atoms with Gasteiger partial charge in [-0.25, -0.2) is 0 Å². The molecule has 0 saturated heterocycles. The van der Waals surface area contributed by atoms with Gasteiger partial charge >= 0.3 is 5.97 Å². The van der Waals surface area contributed by atoms with Crippen LogP contribution >= 0.6 is 0 Å². The van der Waals surface area contributed by atoms with Gasteiger partial charge in [-0.1, -0.05) is 35.9 Å². The first-order chi connectivity index (χ1) is 10.2. The lowest BCUT2D eigenvalue weighted by molar-refractivity contribution is -0.139. The normalized spacial score (nSPS) is 10.8. The molecule has 1 N–H and O–H groups in total. The van der Waals surface area contributed by atoms with Gasteiger partial charge in [0.15, 0.2) is 0 Å². The third-order valence-electron chi connectivity index (χ3n) is 3.68. The maximum absolute atomic E-state index is 11.5. The minimum absolute atomic E-state index is 0.225. The van der Waals surface area contributed by atoms with Crippen molar-refractivity contribution in [1.29, 1.82) is 0 Å². The molecule has 0 amide bonds. The molecule has 0 aliphatic heterocycles. The molecule has 2 aromatic carbocycles. The fourth-order valence-electron chi connectivity index (χ4n) is 2.56. The number of benzene rings is 2. The van der Waals surface area contributed by atoms with Crippen molar-refractivity contribution in [3.63, 3.8) is 0 Å². The first kappa shape index (κ1) is 13.4. The summed E-state index contributed by atoms with van der Waals surface area (Å²) in [6.45, 7) is 2.08. The van der Waals surface area contributed by atoms with E-state index in [2.05, 4.69) is 48.3 Å². The molecule has 0 aliphatic carbocycles. The lowest BCUT2D eigenvalue weighted by Crippen LogP contribution is -2.03. The Morgan fingerprint density at radius 2 is 1.95 bits per heavy atom. The van der Waals surface area contributed by atoms with Gasteiger partial charge in [0, 0.05) is 17.1 Å². The lowest BCUT2D eigenvalue weighted by Gasteiger charge is -2.04. The molecule has 0 spiro atoms. The zero-order chi connectivity index (χ0) is 14.8. The summed E-state index contributed by atoms with van der Waals surface area (Å²) in [7, 11) is 1.41. The van der Waals surface area contributed by atoms with Gasteiger partial charge in [0.25, 0.3) is 0 Å². The highest BCUT2D eigenvalue weighted by Gasteiger charge is 2.10. The molecule has 0 radical (unpaired) electrons. The van der Waals surface area contributed by atoms with Gasteiger partial charge in [-0.3, -0.25) is 4.79 Å². The molecule has 3 heteroatoms. The van der Waals surface area contributed by atoms with Crippen LogP contribution < -0.4 is 0 Å². The first-order valence-electron chi connectivity index (χ1n) is 6.91. The van der Waals surface area contributed by atoms with Crippen molar-refractivity contribution in [3.8, 4) is 11.1 Å². The Balaban J connectivity index is 2.06. The van der Waals surface area contributed by atoms with E-state index in [-0.39, 0.29) is 12.4 Å². The molecule has 3 aromatic rings. The largest absolute Gasteiger partial charge is 0.469 e. The molecule has 21 heavy (non-hydrogen) atoms. The predicted molar refractivity (Wildman–Crippen MR) is 84.2 cm³/mol. The van der Waals surface area contributed by atoms with Crippen molar-refractivity contribution in [3.05, 3.63) is 59.8 Å². The summed E-state index contributed by atoms with van der Waals surface area (Å²) >= 11 is 0. The summed E-state index contributed by atoms with van der Waals surface area (Å²) in [5.41, 5.74) is 5.56. The second kappa shape index (κ2) is 5.44. The van der Waals surface area contributed by atoms with Crippen LogP contribution in [0.2, 0.25) is 0 Å². The van der Waals surface area contributed by atoms with E-state index < -0.39 is 0 Å². The van der Waals surface area contributed by atoms with Gasteiger partial charge in [-0.2, -0.15) is 0 Å². The smallest absolute Gasteiger partial charge is 0.310 e. The second-order valence-corrected chi connectivity index (χ2v) is 5.20. The van der Waals surface area contributed by atoms with Crippen molar-refractivity contribution in [2.45, 2.75) is 13.3 Å². The van der Waals surface area contributed by atoms with Crippen LogP contribution in [-0.4, -0.2) is 18.1 Å². The molecule has 0 bridgehead atoms. The molecule has 3 nitrogen and oxygen atoms in total. The summed E-state index contributed by atoms with van der Waals surface area (Å²) in [6, 6.07) is 14.7. The van der Waals surface area contributed by atoms with Crippen molar-refractivity contribution in [2.75, 3.05) is 7.11 Å². The third kappa shape index (κ3) is 2.68. The Hall–Kier alpha value is -2.55. The van der Waals surface area contributed by atoms with Crippen LogP contribution in [0.5, 0.6) is 0 Å². The van der Waals surface area contributed by atoms with Crippen LogP contribution in [-0.2, 0) is 16.0 Å². The molecular weight excluding hydrogens is 262 g/mol. The van der Waals surface area contributed by atoms with E-state index in [4.69, 9.17) is 4.74 Å². The predicted octanol–water partition coefficient (Wildman–Crippen LogP) is 3.86. The van der Waals surface area contributed by atoms with Gasteiger partial charge in [0.05, 0.1) is 13.5 Å².